The largest absolute Gasteiger partial charge is 0.416 e. The molecule has 2 saturated heterocycles. The van der Waals surface area contributed by atoms with Crippen molar-refractivity contribution in [2.75, 3.05) is 56.5 Å². The first-order valence-corrected chi connectivity index (χ1v) is 11.9. The van der Waals surface area contributed by atoms with Gasteiger partial charge in [-0.2, -0.15) is 13.2 Å². The Balaban J connectivity index is 1.30. The van der Waals surface area contributed by atoms with Crippen molar-refractivity contribution in [2.24, 2.45) is 5.92 Å². The van der Waals surface area contributed by atoms with E-state index in [1.54, 1.807) is 4.90 Å². The summed E-state index contributed by atoms with van der Waals surface area (Å²) < 4.78 is 38.3. The summed E-state index contributed by atoms with van der Waals surface area (Å²) in [5.41, 5.74) is 2.50. The van der Waals surface area contributed by atoms with Crippen LogP contribution in [-0.2, 0) is 11.0 Å². The molecular formula is C26H31F3N4O2. The molecule has 0 spiro atoms. The van der Waals surface area contributed by atoms with Crippen molar-refractivity contribution in [2.45, 2.75) is 25.9 Å². The van der Waals surface area contributed by atoms with Crippen LogP contribution in [0.5, 0.6) is 0 Å². The number of hydrogen-bond acceptors (Lipinski definition) is 4. The van der Waals surface area contributed by atoms with Crippen molar-refractivity contribution in [1.29, 1.82) is 0 Å². The van der Waals surface area contributed by atoms with Gasteiger partial charge in [-0.05, 0) is 74.8 Å². The Morgan fingerprint density at radius 3 is 2.11 bits per heavy atom. The molecule has 0 aliphatic carbocycles. The van der Waals surface area contributed by atoms with E-state index >= 15 is 0 Å². The number of hydrogen-bond donors (Lipinski definition) is 1. The minimum atomic E-state index is -4.43. The first-order chi connectivity index (χ1) is 16.6. The van der Waals surface area contributed by atoms with E-state index in [-0.39, 0.29) is 23.3 Å². The van der Waals surface area contributed by atoms with Gasteiger partial charge in [0.25, 0.3) is 5.91 Å². The number of piperidine rings is 1. The normalized spacial score (nSPS) is 18.0. The van der Waals surface area contributed by atoms with Crippen LogP contribution in [-0.4, -0.2) is 67.9 Å². The van der Waals surface area contributed by atoms with Crippen LogP contribution in [0.15, 0.2) is 42.5 Å². The van der Waals surface area contributed by atoms with Gasteiger partial charge in [-0.25, -0.2) is 0 Å². The molecule has 2 fully saturated rings. The average molecular weight is 489 g/mol. The third-order valence-electron chi connectivity index (χ3n) is 6.92. The number of likely N-dealkylation sites (tertiary alicyclic amines) is 1. The van der Waals surface area contributed by atoms with Crippen molar-refractivity contribution in [3.8, 4) is 0 Å². The van der Waals surface area contributed by atoms with Gasteiger partial charge in [-0.3, -0.25) is 9.59 Å². The van der Waals surface area contributed by atoms with Gasteiger partial charge in [0.15, 0.2) is 0 Å². The lowest BCUT2D eigenvalue weighted by atomic mass is 9.95. The number of aryl methyl sites for hydroxylation is 1. The van der Waals surface area contributed by atoms with Crippen molar-refractivity contribution >= 4 is 23.2 Å². The molecule has 35 heavy (non-hydrogen) atoms. The van der Waals surface area contributed by atoms with E-state index in [2.05, 4.69) is 35.2 Å². The van der Waals surface area contributed by atoms with Crippen LogP contribution >= 0.6 is 0 Å². The molecule has 9 heteroatoms. The van der Waals surface area contributed by atoms with Gasteiger partial charge in [-0.1, -0.05) is 0 Å². The zero-order valence-electron chi connectivity index (χ0n) is 20.1. The number of likely N-dealkylation sites (N-methyl/N-ethyl adjacent to an activating group) is 1. The van der Waals surface area contributed by atoms with E-state index in [1.807, 2.05) is 12.1 Å². The number of amides is 2. The molecule has 2 aromatic carbocycles. The maximum atomic E-state index is 12.8. The second-order valence-corrected chi connectivity index (χ2v) is 9.42. The Morgan fingerprint density at radius 1 is 0.914 bits per heavy atom. The van der Waals surface area contributed by atoms with Crippen LogP contribution in [0.1, 0.15) is 34.3 Å². The molecule has 2 aromatic rings. The number of halogens is 3. The number of alkyl halides is 3. The fourth-order valence-electron chi connectivity index (χ4n) is 4.71. The van der Waals surface area contributed by atoms with E-state index < -0.39 is 11.7 Å². The lowest BCUT2D eigenvalue weighted by Crippen LogP contribution is -2.44. The summed E-state index contributed by atoms with van der Waals surface area (Å²) in [7, 11) is 2.12. The average Bonchev–Trinajstić information content (AvgIpc) is 2.84. The number of carbonyl (C=O) groups is 2. The highest BCUT2D eigenvalue weighted by Gasteiger charge is 2.31. The molecule has 2 aliphatic rings. The number of nitrogens with zero attached hydrogens (tertiary/aromatic N) is 3. The molecule has 6 nitrogen and oxygen atoms in total. The lowest BCUT2D eigenvalue weighted by molar-refractivity contribution is -0.137. The van der Waals surface area contributed by atoms with Gasteiger partial charge < -0.3 is 20.0 Å². The molecule has 0 radical (unpaired) electrons. The van der Waals surface area contributed by atoms with Crippen LogP contribution in [0.4, 0.5) is 24.5 Å². The van der Waals surface area contributed by atoms with E-state index in [0.717, 1.165) is 49.6 Å². The van der Waals surface area contributed by atoms with Crippen LogP contribution < -0.4 is 10.2 Å². The molecule has 2 aliphatic heterocycles. The van der Waals surface area contributed by atoms with Gasteiger partial charge in [0, 0.05) is 62.1 Å². The highest BCUT2D eigenvalue weighted by atomic mass is 19.4. The number of anilines is 2. The van der Waals surface area contributed by atoms with Gasteiger partial charge in [0.05, 0.1) is 5.56 Å². The first kappa shape index (κ1) is 25.0. The second kappa shape index (κ2) is 10.3. The molecule has 188 valence electrons. The minimum Gasteiger partial charge on any atom is -0.369 e. The monoisotopic (exact) mass is 488 g/mol. The Kier molecular flexibility index (Phi) is 7.35. The molecule has 0 saturated carbocycles. The van der Waals surface area contributed by atoms with Crippen molar-refractivity contribution in [1.82, 2.24) is 9.80 Å². The smallest absolute Gasteiger partial charge is 0.369 e. The van der Waals surface area contributed by atoms with Crippen LogP contribution in [0.25, 0.3) is 0 Å². The molecule has 0 aromatic heterocycles. The summed E-state index contributed by atoms with van der Waals surface area (Å²) in [6, 6.07) is 10.2. The maximum absolute atomic E-state index is 12.8. The van der Waals surface area contributed by atoms with Crippen LogP contribution in [0.3, 0.4) is 0 Å². The van der Waals surface area contributed by atoms with Gasteiger partial charge >= 0.3 is 6.18 Å². The Bertz CT molecular complexity index is 1060. The van der Waals surface area contributed by atoms with Crippen molar-refractivity contribution in [3.63, 3.8) is 0 Å². The van der Waals surface area contributed by atoms with Crippen molar-refractivity contribution in [3.05, 3.63) is 59.2 Å². The first-order valence-electron chi connectivity index (χ1n) is 11.9. The SMILES string of the molecule is Cc1cc(NC(=O)C2CCN(C(=O)c3ccc(C(F)(F)F)cc3)CC2)ccc1N1CCN(C)CC1. The Morgan fingerprint density at radius 2 is 1.54 bits per heavy atom. The summed E-state index contributed by atoms with van der Waals surface area (Å²) >= 11 is 0. The number of benzene rings is 2. The molecule has 4 rings (SSSR count). The molecule has 2 heterocycles. The number of carbonyl (C=O) groups excluding carboxylic acids is 2. The molecule has 0 atom stereocenters. The highest BCUT2D eigenvalue weighted by molar-refractivity contribution is 5.95. The summed E-state index contributed by atoms with van der Waals surface area (Å²) in [5.74, 6) is -0.602. The Hall–Kier alpha value is -3.07. The summed E-state index contributed by atoms with van der Waals surface area (Å²) in [4.78, 5) is 31.8. The molecule has 2 amide bonds. The quantitative estimate of drug-likeness (QED) is 0.699. The van der Waals surface area contributed by atoms with Gasteiger partial charge in [0.2, 0.25) is 5.91 Å². The third-order valence-corrected chi connectivity index (χ3v) is 6.92. The number of rotatable bonds is 4. The van der Waals surface area contributed by atoms with Gasteiger partial charge in [-0.15, -0.1) is 0 Å². The van der Waals surface area contributed by atoms with Crippen LogP contribution in [0.2, 0.25) is 0 Å². The lowest BCUT2D eigenvalue weighted by Gasteiger charge is -2.35. The van der Waals surface area contributed by atoms with E-state index in [4.69, 9.17) is 0 Å². The number of nitrogens with one attached hydrogen (secondary N) is 1. The topological polar surface area (TPSA) is 55.9 Å². The summed E-state index contributed by atoms with van der Waals surface area (Å²) in [6.45, 7) is 6.84. The molecule has 0 bridgehead atoms. The molecule has 1 N–H and O–H groups in total. The van der Waals surface area contributed by atoms with E-state index in [9.17, 15) is 22.8 Å². The van der Waals surface area contributed by atoms with E-state index in [1.165, 1.54) is 17.8 Å². The van der Waals surface area contributed by atoms with E-state index in [0.29, 0.717) is 25.9 Å². The summed E-state index contributed by atoms with van der Waals surface area (Å²) in [5, 5.41) is 3.01. The van der Waals surface area contributed by atoms with Crippen LogP contribution in [0, 0.1) is 12.8 Å². The second-order valence-electron chi connectivity index (χ2n) is 9.42. The van der Waals surface area contributed by atoms with Gasteiger partial charge in [0.1, 0.15) is 0 Å². The molecule has 0 unspecified atom stereocenters. The predicted octanol–water partition coefficient (Wildman–Crippen LogP) is 4.26. The zero-order valence-corrected chi connectivity index (χ0v) is 20.1. The highest BCUT2D eigenvalue weighted by Crippen LogP contribution is 2.30. The number of piperazine rings is 1. The fourth-order valence-corrected chi connectivity index (χ4v) is 4.71. The fraction of sp³-hybridized carbons (Fsp3) is 0.462. The minimum absolute atomic E-state index is 0.0709. The summed E-state index contributed by atoms with van der Waals surface area (Å²) in [6.07, 6.45) is -3.41. The zero-order chi connectivity index (χ0) is 25.2. The molecular weight excluding hydrogens is 457 g/mol. The standard InChI is InChI=1S/C26H31F3N4O2/c1-18-17-22(7-8-23(18)32-15-13-31(2)14-16-32)30-24(34)19-9-11-33(12-10-19)25(35)20-3-5-21(6-4-20)26(27,28)29/h3-8,17,19H,9-16H2,1-2H3,(H,30,34). The Labute approximate surface area is 203 Å². The third kappa shape index (κ3) is 5.96. The predicted molar refractivity (Wildman–Crippen MR) is 130 cm³/mol. The maximum Gasteiger partial charge on any atom is 0.416 e. The van der Waals surface area contributed by atoms with Crippen molar-refractivity contribution < 1.29 is 22.8 Å².